The molecule has 6 aromatic carbocycles. The summed E-state index contributed by atoms with van der Waals surface area (Å²) in [6.45, 7) is 15.6. The minimum absolute atomic E-state index is 0. The van der Waals surface area contributed by atoms with Gasteiger partial charge >= 0.3 is 0 Å². The first-order valence-corrected chi connectivity index (χ1v) is 41.3. The number of hydrogen-bond donors (Lipinski definition) is 8. The highest BCUT2D eigenvalue weighted by Gasteiger charge is 2.24. The van der Waals surface area contributed by atoms with E-state index in [2.05, 4.69) is 86.3 Å². The van der Waals surface area contributed by atoms with Crippen molar-refractivity contribution in [3.63, 3.8) is 0 Å². The minimum atomic E-state index is -3.59. The van der Waals surface area contributed by atoms with E-state index in [0.29, 0.717) is 70.4 Å². The maximum absolute atomic E-state index is 13.5. The van der Waals surface area contributed by atoms with Crippen LogP contribution < -0.4 is 60.1 Å². The second-order valence-corrected chi connectivity index (χ2v) is 32.4. The molecule has 3 atom stereocenters. The summed E-state index contributed by atoms with van der Waals surface area (Å²) >= 11 is 35.7. The van der Waals surface area contributed by atoms with Crippen LogP contribution in [-0.4, -0.2) is 118 Å². The number of rotatable bonds is 17. The van der Waals surface area contributed by atoms with Crippen LogP contribution in [-0.2, 0) is 29.1 Å². The molecule has 6 aromatic heterocycles. The molecule has 0 aliphatic heterocycles. The number of para-hydroxylation sites is 3. The molecule has 110 heavy (non-hydrogen) atoms. The quantitative estimate of drug-likeness (QED) is 0.0238. The number of anilines is 6. The molecule has 586 valence electrons. The van der Waals surface area contributed by atoms with Gasteiger partial charge in [-0.3, -0.25) is 37.5 Å². The summed E-state index contributed by atoms with van der Waals surface area (Å²) in [5.74, 6) is 0.319. The van der Waals surface area contributed by atoms with Gasteiger partial charge in [0.05, 0.1) is 86.4 Å². The molecular formula is C72H81Cl7N18O10S3. The number of nitrogens with one attached hydrogen (secondary N) is 4. The summed E-state index contributed by atoms with van der Waals surface area (Å²) in [4.78, 5) is 65.5. The maximum Gasteiger partial charge on any atom is 0.264 e. The van der Waals surface area contributed by atoms with Gasteiger partial charge in [0.2, 0.25) is 45.6 Å². The molecule has 0 unspecified atom stereocenters. The van der Waals surface area contributed by atoms with Crippen LogP contribution >= 0.6 is 80.3 Å². The molecule has 0 spiro atoms. The van der Waals surface area contributed by atoms with E-state index in [1.165, 1.54) is 38.2 Å². The van der Waals surface area contributed by atoms with Crippen molar-refractivity contribution in [3.05, 3.63) is 261 Å². The van der Waals surface area contributed by atoms with E-state index >= 15 is 0 Å². The van der Waals surface area contributed by atoms with Gasteiger partial charge in [0.15, 0.2) is 16.8 Å². The Hall–Kier alpha value is -9.29. The molecule has 0 bridgehead atoms. The molecule has 0 amide bonds. The van der Waals surface area contributed by atoms with Crippen LogP contribution in [0.25, 0.3) is 49.4 Å². The third kappa shape index (κ3) is 25.6. The monoisotopic (exact) mass is 1700 g/mol. The van der Waals surface area contributed by atoms with Crippen molar-refractivity contribution in [2.75, 3.05) is 69.9 Å². The molecule has 0 saturated carbocycles. The van der Waals surface area contributed by atoms with Crippen LogP contribution in [0.5, 0.6) is 0 Å². The Labute approximate surface area is 670 Å². The predicted molar refractivity (Wildman–Crippen MR) is 450 cm³/mol. The normalized spacial score (nSPS) is 11.8. The van der Waals surface area contributed by atoms with Gasteiger partial charge in [0, 0.05) is 50.9 Å². The summed E-state index contributed by atoms with van der Waals surface area (Å²) in [7, 11) is -5.86. The van der Waals surface area contributed by atoms with Gasteiger partial charge in [-0.05, 0) is 153 Å². The number of pyridine rings is 3. The fourth-order valence-corrected chi connectivity index (χ4v) is 13.0. The second kappa shape index (κ2) is 41.1. The lowest BCUT2D eigenvalue weighted by Gasteiger charge is -2.22. The number of nitrogen functional groups attached to an aromatic ring is 2. The molecule has 12 rings (SSSR count). The molecule has 6 heterocycles. The van der Waals surface area contributed by atoms with Gasteiger partial charge in [-0.2, -0.15) is 9.97 Å². The van der Waals surface area contributed by atoms with Crippen molar-refractivity contribution < 1.29 is 30.7 Å². The van der Waals surface area contributed by atoms with Gasteiger partial charge in [-0.15, -0.1) is 0 Å². The number of aromatic nitrogens is 9. The molecule has 12 aromatic rings. The Morgan fingerprint density at radius 1 is 0.464 bits per heavy atom. The first-order valence-electron chi connectivity index (χ1n) is 32.6. The number of fused-ring (bicyclic) bond motifs is 3. The Kier molecular flexibility index (Phi) is 34.1. The Balaban J connectivity index is 0.000000262. The lowest BCUT2D eigenvalue weighted by Crippen LogP contribution is -2.26. The summed E-state index contributed by atoms with van der Waals surface area (Å²) < 4.78 is 75.4. The highest BCUT2D eigenvalue weighted by Crippen LogP contribution is 2.33. The zero-order valence-electron chi connectivity index (χ0n) is 60.6. The van der Waals surface area contributed by atoms with E-state index < -0.39 is 41.2 Å². The lowest BCUT2D eigenvalue weighted by atomic mass is 10.1. The second-order valence-electron chi connectivity index (χ2n) is 23.6. The van der Waals surface area contributed by atoms with E-state index in [4.69, 9.17) is 86.8 Å². The smallest absolute Gasteiger partial charge is 0.264 e. The molecule has 38 heteroatoms. The number of nitrogens with two attached hydrogens (primary N) is 3. The van der Waals surface area contributed by atoms with Crippen LogP contribution in [0, 0.1) is 0 Å². The number of sulfonamides is 2. The average Bonchev–Trinajstić information content (AvgIpc) is 0.768. The van der Waals surface area contributed by atoms with Gasteiger partial charge in [-0.25, -0.2) is 45.2 Å². The summed E-state index contributed by atoms with van der Waals surface area (Å²) in [5, 5.41) is 11.2. The molecule has 0 fully saturated rings. The van der Waals surface area contributed by atoms with E-state index in [1.54, 1.807) is 44.0 Å². The number of nitrogens with zero attached hydrogens (tertiary/aromatic N) is 10. The molecule has 0 aliphatic carbocycles. The maximum atomic E-state index is 13.5. The van der Waals surface area contributed by atoms with Crippen molar-refractivity contribution in [3.8, 4) is 17.1 Å². The van der Waals surface area contributed by atoms with E-state index in [0.717, 1.165) is 35.5 Å². The SMILES string of the molecule is CCN(CC)CC.CS(=O)(=O)Cl.C[C@H](N)c1cc2cccc(Cl)c2c(=O)n1-c1ccccc1.C[C@H](Nc1nc(Cl)ncc1NS(C)(=O)=O)c1cc2cccc(Cl)c2c(=O)n1-c1ccccc1.C[C@H](Nc1nc(N)ncc1NS(C)(=O)=O)c1cc2cccc(Cl)c2c(=O)n1-c1ccccc1.N.Nc1cnc(Cl)nc1Cl.O. The van der Waals surface area contributed by atoms with Crippen LogP contribution in [0.4, 0.5) is 34.6 Å². The first-order chi connectivity index (χ1) is 50.9. The summed E-state index contributed by atoms with van der Waals surface area (Å²) in [6.07, 6.45) is 6.89. The number of halogens is 7. The molecular weight excluding hydrogens is 1620 g/mol. The van der Waals surface area contributed by atoms with Gasteiger partial charge in [0.25, 0.3) is 16.7 Å². The van der Waals surface area contributed by atoms with Crippen molar-refractivity contribution in [1.29, 1.82) is 0 Å². The van der Waals surface area contributed by atoms with Crippen LogP contribution in [0.1, 0.15) is 76.7 Å². The predicted octanol–water partition coefficient (Wildman–Crippen LogP) is 14.1. The molecule has 0 aliphatic rings. The Morgan fingerprint density at radius 3 is 1.10 bits per heavy atom. The topological polar surface area (TPSA) is 442 Å². The molecule has 15 N–H and O–H groups in total. The molecule has 0 radical (unpaired) electrons. The third-order valence-corrected chi connectivity index (χ3v) is 18.2. The standard InChI is InChI=1S/C22H19Cl2N5O3S.C22H21ClN6O3S.C17H15ClN2O.C6H15N.C4H3Cl2N3.CH3ClO2S.H3N.H2O/c2*1-13(26-20-17(28-33(2,31)32)12-25-22(24)27-20)18-11-14-7-6-10-16(23)19(14)21(30)29(18)15-8-4-3-5-9-15;1-11(19)15-10-12-6-5-9-14(18)16(12)17(21)20(15)13-7-3-2-4-8-13;1-4-7(5-2)6-3;5-3-2(7)1-8-4(6)9-3;1-5(2,3)4;;/h3-13,28H,1-2H3,(H,25,26,27);3-13,28H,1-2H3,(H3,24,25,26,27);2-11H,19H2,1H3;4-6H2,1-3H3;1H,7H2;1H3;1H3;1H2/t2*13-;11-;;;;;/m000...../s1. The lowest BCUT2D eigenvalue weighted by molar-refractivity contribution is 0.321. The minimum Gasteiger partial charge on any atom is -0.412 e. The number of benzene rings is 6. The van der Waals surface area contributed by atoms with Crippen LogP contribution in [0.15, 0.2) is 197 Å². The van der Waals surface area contributed by atoms with Gasteiger partial charge < -0.3 is 44.4 Å². The van der Waals surface area contributed by atoms with Gasteiger partial charge in [0.1, 0.15) is 11.4 Å². The first kappa shape index (κ1) is 91.3. The summed E-state index contributed by atoms with van der Waals surface area (Å²) in [5.41, 5.74) is 21.1. The summed E-state index contributed by atoms with van der Waals surface area (Å²) in [6, 6.07) is 48.2. The third-order valence-electron chi connectivity index (χ3n) is 15.4. The highest BCUT2D eigenvalue weighted by atomic mass is 35.7. The van der Waals surface area contributed by atoms with E-state index in [-0.39, 0.29) is 79.0 Å². The fourth-order valence-electron chi connectivity index (χ4n) is 10.6. The van der Waals surface area contributed by atoms with Crippen LogP contribution in [0.2, 0.25) is 30.8 Å². The van der Waals surface area contributed by atoms with Crippen molar-refractivity contribution in [2.24, 2.45) is 5.73 Å². The zero-order chi connectivity index (χ0) is 79.5. The average molecular weight is 1700 g/mol. The van der Waals surface area contributed by atoms with Crippen molar-refractivity contribution in [1.82, 2.24) is 54.7 Å². The molecule has 0 saturated heterocycles. The highest BCUT2D eigenvalue weighted by molar-refractivity contribution is 8.13. The largest absolute Gasteiger partial charge is 0.412 e. The zero-order valence-corrected chi connectivity index (χ0v) is 68.4. The Bertz CT molecular complexity index is 5470. The number of hydrogen-bond acceptors (Lipinski definition) is 22. The van der Waals surface area contributed by atoms with Crippen LogP contribution in [0.3, 0.4) is 0 Å². The molecule has 28 nitrogen and oxygen atoms in total. The fraction of sp³-hybridized carbons (Fsp3) is 0.208. The van der Waals surface area contributed by atoms with Crippen molar-refractivity contribution >= 4 is 176 Å². The van der Waals surface area contributed by atoms with E-state index in [1.807, 2.05) is 154 Å². The van der Waals surface area contributed by atoms with Crippen molar-refractivity contribution in [2.45, 2.75) is 59.7 Å². The van der Waals surface area contributed by atoms with Gasteiger partial charge in [-0.1, -0.05) is 158 Å². The van der Waals surface area contributed by atoms with E-state index in [9.17, 15) is 39.6 Å². The Morgan fingerprint density at radius 2 is 0.782 bits per heavy atom.